The number of anilines is 1. The molecule has 0 radical (unpaired) electrons. The highest BCUT2D eigenvalue weighted by Crippen LogP contribution is 2.41. The second-order valence-corrected chi connectivity index (χ2v) is 8.12. The zero-order valence-electron chi connectivity index (χ0n) is 17.1. The van der Waals surface area contributed by atoms with Crippen LogP contribution in [0.25, 0.3) is 5.76 Å². The Morgan fingerprint density at radius 3 is 2.26 bits per heavy atom. The summed E-state index contributed by atoms with van der Waals surface area (Å²) in [7, 11) is 0. The third-order valence-electron chi connectivity index (χ3n) is 5.38. The number of hydrogen-bond donors (Lipinski definition) is 1. The van der Waals surface area contributed by atoms with Crippen molar-refractivity contribution in [3.05, 3.63) is 100 Å². The minimum atomic E-state index is -0.799. The highest BCUT2D eigenvalue weighted by atomic mass is 35.5. The first-order valence-corrected chi connectivity index (χ1v) is 10.3. The number of nitrogens with zero attached hydrogens (tertiary/aromatic N) is 2. The molecule has 1 N–H and O–H groups in total. The standard InChI is InChI=1S/C25H21ClN2O3/c1-15(2)16-6-8-17(9-7-16)22-21(23(29)18-10-12-19(26)13-11-18)24(30)25(31)28(22)20-5-3-4-14-27-20/h3-15,22,29H,1-2H3/b23-21+. The second-order valence-electron chi connectivity index (χ2n) is 7.69. The number of halogens is 1. The SMILES string of the molecule is CC(C)c1ccc(C2/C(=C(\O)c3ccc(Cl)cc3)C(=O)C(=O)N2c2ccccn2)cc1. The van der Waals surface area contributed by atoms with Gasteiger partial charge in [-0.2, -0.15) is 0 Å². The van der Waals surface area contributed by atoms with E-state index in [2.05, 4.69) is 18.8 Å². The van der Waals surface area contributed by atoms with Crippen LogP contribution in [-0.4, -0.2) is 21.8 Å². The molecule has 1 atom stereocenters. The van der Waals surface area contributed by atoms with Gasteiger partial charge in [0.1, 0.15) is 11.6 Å². The van der Waals surface area contributed by atoms with Crippen LogP contribution in [0.3, 0.4) is 0 Å². The van der Waals surface area contributed by atoms with Crippen LogP contribution >= 0.6 is 11.6 Å². The number of ketones is 1. The van der Waals surface area contributed by atoms with Crippen molar-refractivity contribution in [2.24, 2.45) is 0 Å². The predicted octanol–water partition coefficient (Wildman–Crippen LogP) is 5.48. The molecule has 156 valence electrons. The van der Waals surface area contributed by atoms with Gasteiger partial charge in [0, 0.05) is 16.8 Å². The van der Waals surface area contributed by atoms with Gasteiger partial charge in [0.15, 0.2) is 0 Å². The number of Topliss-reactive ketones (excluding diaryl/α,β-unsaturated/α-hetero) is 1. The summed E-state index contributed by atoms with van der Waals surface area (Å²) in [6.07, 6.45) is 1.56. The summed E-state index contributed by atoms with van der Waals surface area (Å²) in [5.41, 5.74) is 2.28. The molecular formula is C25H21ClN2O3. The number of carbonyl (C=O) groups excluding carboxylic acids is 2. The van der Waals surface area contributed by atoms with Crippen molar-refractivity contribution in [3.8, 4) is 0 Å². The molecule has 1 aliphatic heterocycles. The molecule has 1 saturated heterocycles. The molecular weight excluding hydrogens is 412 g/mol. The summed E-state index contributed by atoms with van der Waals surface area (Å²) in [4.78, 5) is 31.7. The monoisotopic (exact) mass is 432 g/mol. The van der Waals surface area contributed by atoms with Gasteiger partial charge in [-0.1, -0.05) is 55.8 Å². The number of aromatic nitrogens is 1. The van der Waals surface area contributed by atoms with Crippen LogP contribution in [0.5, 0.6) is 0 Å². The van der Waals surface area contributed by atoms with Crippen molar-refractivity contribution in [3.63, 3.8) is 0 Å². The Hall–Kier alpha value is -3.44. The van der Waals surface area contributed by atoms with Crippen LogP contribution in [0, 0.1) is 0 Å². The normalized spacial score (nSPS) is 18.1. The second kappa shape index (κ2) is 8.36. The molecule has 1 amide bonds. The molecule has 31 heavy (non-hydrogen) atoms. The van der Waals surface area contributed by atoms with Gasteiger partial charge >= 0.3 is 5.91 Å². The van der Waals surface area contributed by atoms with Gasteiger partial charge in [-0.05, 0) is 53.4 Å². The van der Waals surface area contributed by atoms with Crippen LogP contribution in [0.15, 0.2) is 78.5 Å². The van der Waals surface area contributed by atoms with Crippen LogP contribution in [0.4, 0.5) is 5.82 Å². The van der Waals surface area contributed by atoms with E-state index in [4.69, 9.17) is 11.6 Å². The number of hydrogen-bond acceptors (Lipinski definition) is 4. The molecule has 0 aliphatic carbocycles. The average molecular weight is 433 g/mol. The zero-order chi connectivity index (χ0) is 22.1. The number of benzene rings is 2. The van der Waals surface area contributed by atoms with E-state index >= 15 is 0 Å². The van der Waals surface area contributed by atoms with E-state index in [1.54, 1.807) is 48.7 Å². The molecule has 4 rings (SSSR count). The van der Waals surface area contributed by atoms with Crippen LogP contribution in [0.2, 0.25) is 5.02 Å². The van der Waals surface area contributed by atoms with Crippen molar-refractivity contribution in [1.82, 2.24) is 4.98 Å². The topological polar surface area (TPSA) is 70.5 Å². The molecule has 3 aromatic rings. The lowest BCUT2D eigenvalue weighted by atomic mass is 9.93. The zero-order valence-corrected chi connectivity index (χ0v) is 17.9. The first-order valence-electron chi connectivity index (χ1n) is 9.96. The van der Waals surface area contributed by atoms with E-state index in [0.717, 1.165) is 5.56 Å². The number of pyridine rings is 1. The van der Waals surface area contributed by atoms with E-state index in [9.17, 15) is 14.7 Å². The molecule has 1 unspecified atom stereocenters. The van der Waals surface area contributed by atoms with E-state index in [1.807, 2.05) is 24.3 Å². The van der Waals surface area contributed by atoms with Crippen LogP contribution < -0.4 is 4.90 Å². The van der Waals surface area contributed by atoms with Crippen molar-refractivity contribution in [2.45, 2.75) is 25.8 Å². The first-order chi connectivity index (χ1) is 14.9. The number of carbonyl (C=O) groups is 2. The van der Waals surface area contributed by atoms with E-state index in [-0.39, 0.29) is 11.3 Å². The number of amides is 1. The Bertz CT molecular complexity index is 1150. The molecule has 1 fully saturated rings. The molecule has 6 heteroatoms. The van der Waals surface area contributed by atoms with Crippen molar-refractivity contribution < 1.29 is 14.7 Å². The molecule has 1 aliphatic rings. The molecule has 0 spiro atoms. The summed E-state index contributed by atoms with van der Waals surface area (Å²) in [5.74, 6) is -1.04. The highest BCUT2D eigenvalue weighted by molar-refractivity contribution is 6.51. The summed E-state index contributed by atoms with van der Waals surface area (Å²) >= 11 is 5.96. The van der Waals surface area contributed by atoms with Crippen molar-refractivity contribution in [1.29, 1.82) is 0 Å². The lowest BCUT2D eigenvalue weighted by Gasteiger charge is -2.24. The Balaban J connectivity index is 1.91. The van der Waals surface area contributed by atoms with Gasteiger partial charge in [0.05, 0.1) is 11.6 Å². The maximum absolute atomic E-state index is 13.1. The van der Waals surface area contributed by atoms with Crippen LogP contribution in [0.1, 0.15) is 42.5 Å². The Kier molecular flexibility index (Phi) is 5.61. The van der Waals surface area contributed by atoms with Gasteiger partial charge < -0.3 is 5.11 Å². The van der Waals surface area contributed by atoms with E-state index in [0.29, 0.717) is 27.9 Å². The van der Waals surface area contributed by atoms with E-state index < -0.39 is 17.7 Å². The van der Waals surface area contributed by atoms with Crippen molar-refractivity contribution >= 4 is 34.9 Å². The molecule has 2 heterocycles. The predicted molar refractivity (Wildman–Crippen MR) is 121 cm³/mol. The highest BCUT2D eigenvalue weighted by Gasteiger charge is 2.47. The average Bonchev–Trinajstić information content (AvgIpc) is 3.05. The minimum Gasteiger partial charge on any atom is -0.507 e. The largest absolute Gasteiger partial charge is 0.507 e. The Morgan fingerprint density at radius 1 is 1.00 bits per heavy atom. The minimum absolute atomic E-state index is 0.0234. The number of rotatable bonds is 4. The molecule has 0 saturated carbocycles. The van der Waals surface area contributed by atoms with Gasteiger partial charge in [-0.25, -0.2) is 4.98 Å². The number of aliphatic hydroxyl groups excluding tert-OH is 1. The summed E-state index contributed by atoms with van der Waals surface area (Å²) < 4.78 is 0. The summed E-state index contributed by atoms with van der Waals surface area (Å²) in [6.45, 7) is 4.19. The fourth-order valence-electron chi connectivity index (χ4n) is 3.71. The fraction of sp³-hybridized carbons (Fsp3) is 0.160. The van der Waals surface area contributed by atoms with Gasteiger partial charge in [0.2, 0.25) is 0 Å². The Labute approximate surface area is 185 Å². The lowest BCUT2D eigenvalue weighted by molar-refractivity contribution is -0.132. The fourth-order valence-corrected chi connectivity index (χ4v) is 3.83. The maximum Gasteiger partial charge on any atom is 0.301 e. The molecule has 1 aromatic heterocycles. The third kappa shape index (κ3) is 3.84. The first kappa shape index (κ1) is 20.8. The number of aliphatic hydroxyl groups is 1. The molecule has 5 nitrogen and oxygen atoms in total. The van der Waals surface area contributed by atoms with Gasteiger partial charge in [0.25, 0.3) is 5.78 Å². The molecule has 0 bridgehead atoms. The van der Waals surface area contributed by atoms with Crippen molar-refractivity contribution in [2.75, 3.05) is 4.90 Å². The Morgan fingerprint density at radius 2 is 1.68 bits per heavy atom. The maximum atomic E-state index is 13.1. The quantitative estimate of drug-likeness (QED) is 0.336. The summed E-state index contributed by atoms with van der Waals surface area (Å²) in [6, 6.07) is 18.6. The van der Waals surface area contributed by atoms with E-state index in [1.165, 1.54) is 4.90 Å². The van der Waals surface area contributed by atoms with Gasteiger partial charge in [-0.3, -0.25) is 14.5 Å². The smallest absolute Gasteiger partial charge is 0.301 e. The van der Waals surface area contributed by atoms with Crippen LogP contribution in [-0.2, 0) is 9.59 Å². The molecule has 2 aromatic carbocycles. The third-order valence-corrected chi connectivity index (χ3v) is 5.63. The summed E-state index contributed by atoms with van der Waals surface area (Å²) in [5, 5.41) is 11.6. The van der Waals surface area contributed by atoms with Gasteiger partial charge in [-0.15, -0.1) is 0 Å². The lowest BCUT2D eigenvalue weighted by Crippen LogP contribution is -2.30.